The second-order valence-electron chi connectivity index (χ2n) is 8.21. The van der Waals surface area contributed by atoms with Gasteiger partial charge < -0.3 is 14.3 Å². The summed E-state index contributed by atoms with van der Waals surface area (Å²) in [5.41, 5.74) is 6.05. The summed E-state index contributed by atoms with van der Waals surface area (Å²) < 4.78 is 9.28. The number of pyridine rings is 1. The first-order chi connectivity index (χ1) is 16.0. The van der Waals surface area contributed by atoms with Gasteiger partial charge in [-0.05, 0) is 37.6 Å². The lowest BCUT2D eigenvalue weighted by atomic mass is 9.99. The molecule has 0 unspecified atom stereocenters. The summed E-state index contributed by atoms with van der Waals surface area (Å²) in [6.45, 7) is 4.42. The fourth-order valence-electron chi connectivity index (χ4n) is 4.31. The van der Waals surface area contributed by atoms with E-state index in [0.29, 0.717) is 18.7 Å². The predicted octanol–water partition coefficient (Wildman–Crippen LogP) is 2.25. The van der Waals surface area contributed by atoms with Crippen LogP contribution in [0.2, 0.25) is 0 Å². The van der Waals surface area contributed by atoms with Crippen LogP contribution in [0.4, 0.5) is 0 Å². The van der Waals surface area contributed by atoms with Crippen molar-refractivity contribution in [3.05, 3.63) is 71.0 Å². The predicted molar refractivity (Wildman–Crippen MR) is 116 cm³/mol. The molecule has 1 atom stereocenters. The number of carbonyl (C=O) groups excluding carboxylic acids is 1. The Hall–Kier alpha value is -4.28. The molecule has 1 amide bonds. The van der Waals surface area contributed by atoms with Crippen molar-refractivity contribution in [2.75, 3.05) is 6.54 Å². The van der Waals surface area contributed by atoms with Gasteiger partial charge in [0.05, 0.1) is 23.2 Å². The molecule has 0 saturated carbocycles. The van der Waals surface area contributed by atoms with Crippen LogP contribution in [0.25, 0.3) is 17.1 Å². The van der Waals surface area contributed by atoms with Gasteiger partial charge in [-0.25, -0.2) is 9.50 Å². The van der Waals surface area contributed by atoms with E-state index in [2.05, 4.69) is 25.3 Å². The number of aryl methyl sites for hydroxylation is 3. The minimum atomic E-state index is -0.473. The molecule has 0 radical (unpaired) electrons. The molecule has 0 aromatic carbocycles. The molecule has 11 nitrogen and oxygen atoms in total. The van der Waals surface area contributed by atoms with Gasteiger partial charge in [0.25, 0.3) is 5.89 Å². The molecule has 6 rings (SSSR count). The molecule has 0 fully saturated rings. The Bertz CT molecular complexity index is 1490. The number of nitrogens with one attached hydrogen (secondary N) is 1. The Kier molecular flexibility index (Phi) is 4.19. The lowest BCUT2D eigenvalue weighted by Gasteiger charge is -2.32. The average Bonchev–Trinajstić information content (AvgIpc) is 3.59. The van der Waals surface area contributed by atoms with Crippen LogP contribution in [0, 0.1) is 13.8 Å². The van der Waals surface area contributed by atoms with Gasteiger partial charge in [-0.3, -0.25) is 9.48 Å². The van der Waals surface area contributed by atoms with E-state index in [0.717, 1.165) is 33.9 Å². The molecular formula is C22H21N9O2. The van der Waals surface area contributed by atoms with E-state index < -0.39 is 6.04 Å². The fraction of sp³-hybridized carbons (Fsp3) is 0.273. The van der Waals surface area contributed by atoms with E-state index in [4.69, 9.17) is 9.52 Å². The molecule has 11 heteroatoms. The maximum atomic E-state index is 13.5. The SMILES string of the molecule is Cc1cccn2nc([C@H]3c4nc[nH]c4CCN3C(=O)c3nnc(-c4cc(C)n(C)n4)o3)cc12. The third-order valence-corrected chi connectivity index (χ3v) is 6.14. The number of H-pyrrole nitrogens is 1. The summed E-state index contributed by atoms with van der Waals surface area (Å²) in [5.74, 6) is -0.245. The highest BCUT2D eigenvalue weighted by atomic mass is 16.4. The zero-order valence-electron chi connectivity index (χ0n) is 18.3. The van der Waals surface area contributed by atoms with Crippen LogP contribution in [-0.2, 0) is 13.5 Å². The third-order valence-electron chi connectivity index (χ3n) is 6.14. The Labute approximate surface area is 188 Å². The maximum absolute atomic E-state index is 13.5. The molecule has 1 aliphatic rings. The van der Waals surface area contributed by atoms with Crippen molar-refractivity contribution in [2.45, 2.75) is 26.3 Å². The summed E-state index contributed by atoms with van der Waals surface area (Å²) in [7, 11) is 1.83. The zero-order valence-corrected chi connectivity index (χ0v) is 18.3. The smallest absolute Gasteiger partial charge is 0.312 e. The van der Waals surface area contributed by atoms with Crippen LogP contribution in [0.1, 0.15) is 45.1 Å². The van der Waals surface area contributed by atoms with Gasteiger partial charge in [0.2, 0.25) is 0 Å². The van der Waals surface area contributed by atoms with Gasteiger partial charge in [-0.15, -0.1) is 10.2 Å². The number of hydrogen-bond donors (Lipinski definition) is 1. The highest BCUT2D eigenvalue weighted by molar-refractivity contribution is 5.90. The number of aromatic nitrogens is 8. The molecule has 1 aliphatic heterocycles. The second-order valence-corrected chi connectivity index (χ2v) is 8.21. The molecule has 33 heavy (non-hydrogen) atoms. The van der Waals surface area contributed by atoms with Crippen molar-refractivity contribution in [3.63, 3.8) is 0 Å². The first kappa shape index (κ1) is 19.4. The van der Waals surface area contributed by atoms with E-state index in [1.807, 2.05) is 55.9 Å². The summed E-state index contributed by atoms with van der Waals surface area (Å²) in [6.07, 6.45) is 4.19. The highest BCUT2D eigenvalue weighted by Gasteiger charge is 2.38. The van der Waals surface area contributed by atoms with Crippen molar-refractivity contribution >= 4 is 11.4 Å². The fourth-order valence-corrected chi connectivity index (χ4v) is 4.31. The van der Waals surface area contributed by atoms with E-state index >= 15 is 0 Å². The Morgan fingerprint density at radius 1 is 1.21 bits per heavy atom. The molecule has 0 bridgehead atoms. The van der Waals surface area contributed by atoms with Crippen LogP contribution in [-0.4, -0.2) is 56.9 Å². The van der Waals surface area contributed by atoms with E-state index in [1.165, 1.54) is 0 Å². The third kappa shape index (κ3) is 3.04. The van der Waals surface area contributed by atoms with Crippen molar-refractivity contribution in [1.82, 2.24) is 44.5 Å². The van der Waals surface area contributed by atoms with Gasteiger partial charge in [-0.2, -0.15) is 10.2 Å². The van der Waals surface area contributed by atoms with E-state index in [1.54, 1.807) is 15.9 Å². The van der Waals surface area contributed by atoms with Crippen molar-refractivity contribution in [1.29, 1.82) is 0 Å². The van der Waals surface area contributed by atoms with Crippen molar-refractivity contribution < 1.29 is 9.21 Å². The van der Waals surface area contributed by atoms with Gasteiger partial charge in [0.15, 0.2) is 0 Å². The van der Waals surface area contributed by atoms with Gasteiger partial charge in [0.1, 0.15) is 11.7 Å². The molecule has 5 aromatic rings. The summed E-state index contributed by atoms with van der Waals surface area (Å²) in [4.78, 5) is 23.0. The largest absolute Gasteiger partial charge is 0.411 e. The lowest BCUT2D eigenvalue weighted by Crippen LogP contribution is -2.41. The standard InChI is InChI=1S/C22H21N9O2/c1-12-5-4-7-31-17(12)10-15(28-31)19-18-14(23-11-24-18)6-8-30(19)22(32)21-26-25-20(33-21)16-9-13(2)29(3)27-16/h4-5,7,9-11,19H,6,8H2,1-3H3,(H,23,24)/t19-/m0/s1. The number of nitrogens with zero attached hydrogens (tertiary/aromatic N) is 8. The molecule has 0 spiro atoms. The van der Waals surface area contributed by atoms with Crippen molar-refractivity contribution in [3.8, 4) is 11.6 Å². The quantitative estimate of drug-likeness (QED) is 0.454. The summed E-state index contributed by atoms with van der Waals surface area (Å²) in [5, 5.41) is 17.2. The normalized spacial score (nSPS) is 15.8. The summed E-state index contributed by atoms with van der Waals surface area (Å²) >= 11 is 0. The van der Waals surface area contributed by atoms with Gasteiger partial charge in [-0.1, -0.05) is 6.07 Å². The van der Waals surface area contributed by atoms with Gasteiger partial charge in [0, 0.05) is 37.6 Å². The Morgan fingerprint density at radius 2 is 2.09 bits per heavy atom. The van der Waals surface area contributed by atoms with Crippen LogP contribution < -0.4 is 0 Å². The second kappa shape index (κ2) is 7.12. The first-order valence-electron chi connectivity index (χ1n) is 10.6. The van der Waals surface area contributed by atoms with E-state index in [-0.39, 0.29) is 17.7 Å². The average molecular weight is 443 g/mol. The number of rotatable bonds is 3. The van der Waals surface area contributed by atoms with Crippen molar-refractivity contribution in [2.24, 2.45) is 7.05 Å². The molecule has 166 valence electrons. The number of hydrogen-bond acceptors (Lipinski definition) is 7. The number of amides is 1. The topological polar surface area (TPSA) is 123 Å². The molecule has 0 aliphatic carbocycles. The highest BCUT2D eigenvalue weighted by Crippen LogP contribution is 2.34. The minimum absolute atomic E-state index is 0.0859. The van der Waals surface area contributed by atoms with E-state index in [9.17, 15) is 4.79 Å². The summed E-state index contributed by atoms with van der Waals surface area (Å²) in [6, 6.07) is 7.34. The molecule has 6 heterocycles. The zero-order chi connectivity index (χ0) is 22.7. The lowest BCUT2D eigenvalue weighted by molar-refractivity contribution is 0.0646. The number of imidazole rings is 1. The van der Waals surface area contributed by atoms with Crippen LogP contribution >= 0.6 is 0 Å². The number of carbonyl (C=O) groups is 1. The molecule has 1 N–H and O–H groups in total. The van der Waals surface area contributed by atoms with Crippen LogP contribution in [0.3, 0.4) is 0 Å². The minimum Gasteiger partial charge on any atom is -0.411 e. The molecule has 5 aromatic heterocycles. The monoisotopic (exact) mass is 443 g/mol. The molecule has 0 saturated heterocycles. The maximum Gasteiger partial charge on any atom is 0.312 e. The first-order valence-corrected chi connectivity index (χ1v) is 10.6. The van der Waals surface area contributed by atoms with Crippen LogP contribution in [0.15, 0.2) is 41.2 Å². The molecular weight excluding hydrogens is 422 g/mol. The van der Waals surface area contributed by atoms with Gasteiger partial charge >= 0.3 is 11.8 Å². The number of aromatic amines is 1. The Morgan fingerprint density at radius 3 is 2.88 bits per heavy atom. The van der Waals surface area contributed by atoms with Crippen LogP contribution in [0.5, 0.6) is 0 Å². The number of fused-ring (bicyclic) bond motifs is 2. The Balaban J connectivity index is 1.40.